The van der Waals surface area contributed by atoms with Gasteiger partial charge in [-0.15, -0.1) is 6.58 Å². The van der Waals surface area contributed by atoms with Gasteiger partial charge in [-0.25, -0.2) is 0 Å². The molecule has 3 aromatic carbocycles. The third-order valence-electron chi connectivity index (χ3n) is 12.1. The van der Waals surface area contributed by atoms with Crippen LogP contribution in [0.2, 0.25) is 0 Å². The first-order chi connectivity index (χ1) is 28.3. The Morgan fingerprint density at radius 1 is 1.00 bits per heavy atom. The summed E-state index contributed by atoms with van der Waals surface area (Å²) in [6.07, 6.45) is 9.21. The van der Waals surface area contributed by atoms with Crippen LogP contribution in [-0.4, -0.2) is 77.0 Å². The Labute approximate surface area is 342 Å². The zero-order valence-corrected chi connectivity index (χ0v) is 34.0. The van der Waals surface area contributed by atoms with E-state index < -0.39 is 17.7 Å². The largest absolute Gasteiger partial charge is 0.487 e. The molecule has 4 aromatic rings. The molecule has 1 saturated carbocycles. The zero-order valence-electron chi connectivity index (χ0n) is 34.0. The van der Waals surface area contributed by atoms with Crippen molar-refractivity contribution in [2.45, 2.75) is 83.1 Å². The SMILES string of the molecule is C=CCO[C@@]12Oc3ccc(OCc4cccc(C)n4)cc3[C@H]3[C@H](CCCCO)[C@@H](CCCCO)C=C(C(=NOCC)C[C@@H]1N(C)C(=O)c1ccc4ccccc4c1)[C@H]32. The fourth-order valence-electron chi connectivity index (χ4n) is 9.46. The highest BCUT2D eigenvalue weighted by Gasteiger charge is 2.65. The van der Waals surface area contributed by atoms with Crippen molar-refractivity contribution in [1.82, 2.24) is 9.88 Å². The van der Waals surface area contributed by atoms with E-state index in [1.807, 2.05) is 93.7 Å². The van der Waals surface area contributed by atoms with Crippen LogP contribution in [0.25, 0.3) is 10.8 Å². The Bertz CT molecular complexity index is 2130. The van der Waals surface area contributed by atoms with E-state index in [2.05, 4.69) is 23.7 Å². The average Bonchev–Trinajstić information content (AvgIpc) is 3.24. The summed E-state index contributed by atoms with van der Waals surface area (Å²) in [4.78, 5) is 27.0. The zero-order chi connectivity index (χ0) is 40.6. The molecule has 1 fully saturated rings. The van der Waals surface area contributed by atoms with Crippen LogP contribution in [0.15, 0.2) is 108 Å². The average molecular weight is 788 g/mol. The molecule has 3 aliphatic rings. The maximum absolute atomic E-state index is 14.7. The van der Waals surface area contributed by atoms with Crippen LogP contribution in [0, 0.1) is 24.7 Å². The van der Waals surface area contributed by atoms with Crippen molar-refractivity contribution in [2.24, 2.45) is 22.9 Å². The molecular weight excluding hydrogens is 731 g/mol. The lowest BCUT2D eigenvalue weighted by atomic mass is 9.55. The molecule has 2 heterocycles. The van der Waals surface area contributed by atoms with Crippen LogP contribution in [0.5, 0.6) is 11.5 Å². The Hall–Kier alpha value is -5.03. The maximum atomic E-state index is 14.7. The minimum absolute atomic E-state index is 0.107. The number of amides is 1. The number of fused-ring (bicyclic) bond motifs is 3. The Kier molecular flexibility index (Phi) is 13.3. The molecule has 0 unspecified atom stereocenters. The lowest BCUT2D eigenvalue weighted by Crippen LogP contribution is -2.69. The number of rotatable bonds is 18. The number of pyridine rings is 1. The van der Waals surface area contributed by atoms with Gasteiger partial charge in [0.2, 0.25) is 5.79 Å². The van der Waals surface area contributed by atoms with Crippen molar-refractivity contribution in [3.63, 3.8) is 0 Å². The fraction of sp³-hybridized carbons (Fsp3) is 0.438. The van der Waals surface area contributed by atoms with Crippen molar-refractivity contribution >= 4 is 22.4 Å². The predicted octanol–water partition coefficient (Wildman–Crippen LogP) is 8.55. The first-order valence-corrected chi connectivity index (χ1v) is 20.8. The molecule has 0 saturated heterocycles. The lowest BCUT2D eigenvalue weighted by molar-refractivity contribution is -0.252. The van der Waals surface area contributed by atoms with Crippen LogP contribution in [-0.2, 0) is 16.2 Å². The molecule has 1 aromatic heterocycles. The van der Waals surface area contributed by atoms with Gasteiger partial charge in [-0.1, -0.05) is 66.5 Å². The quantitative estimate of drug-likeness (QED) is 0.0585. The summed E-state index contributed by atoms with van der Waals surface area (Å²) in [6, 6.07) is 25.1. The second-order valence-corrected chi connectivity index (χ2v) is 15.7. The van der Waals surface area contributed by atoms with Gasteiger partial charge in [0.25, 0.3) is 5.91 Å². The van der Waals surface area contributed by atoms with Crippen LogP contribution >= 0.6 is 0 Å². The summed E-state index contributed by atoms with van der Waals surface area (Å²) in [5.41, 5.74) is 5.10. The van der Waals surface area contributed by atoms with E-state index in [-0.39, 0.29) is 43.5 Å². The van der Waals surface area contributed by atoms with Gasteiger partial charge in [0.1, 0.15) is 30.8 Å². The number of nitrogens with zero attached hydrogens (tertiary/aromatic N) is 3. The van der Waals surface area contributed by atoms with Crippen molar-refractivity contribution in [2.75, 3.05) is 33.5 Å². The fourth-order valence-corrected chi connectivity index (χ4v) is 9.46. The number of likely N-dealkylation sites (N-methyl/N-ethyl adjacent to an activating group) is 1. The predicted molar refractivity (Wildman–Crippen MR) is 226 cm³/mol. The minimum atomic E-state index is -1.33. The number of unbranched alkanes of at least 4 members (excludes halogenated alkanes) is 2. The molecule has 10 nitrogen and oxygen atoms in total. The second kappa shape index (κ2) is 18.7. The van der Waals surface area contributed by atoms with Crippen LogP contribution in [0.3, 0.4) is 0 Å². The highest BCUT2D eigenvalue weighted by atomic mass is 16.7. The van der Waals surface area contributed by atoms with E-state index in [1.54, 1.807) is 11.0 Å². The monoisotopic (exact) mass is 787 g/mol. The van der Waals surface area contributed by atoms with Gasteiger partial charge in [-0.2, -0.15) is 0 Å². The van der Waals surface area contributed by atoms with Crippen molar-refractivity contribution in [3.8, 4) is 11.5 Å². The van der Waals surface area contributed by atoms with Crippen LogP contribution in [0.4, 0.5) is 0 Å². The second-order valence-electron chi connectivity index (χ2n) is 15.7. The number of oxime groups is 1. The number of hydrogen-bond acceptors (Lipinski definition) is 9. The normalized spacial score (nSPS) is 24.0. The molecule has 1 aliphatic heterocycles. The summed E-state index contributed by atoms with van der Waals surface area (Å²) in [7, 11) is 1.83. The number of carbonyl (C=O) groups excluding carboxylic acids is 1. The maximum Gasteiger partial charge on any atom is 0.254 e. The number of aryl methyl sites for hydroxylation is 1. The van der Waals surface area contributed by atoms with Gasteiger partial charge in [0.15, 0.2) is 0 Å². The van der Waals surface area contributed by atoms with Crippen molar-refractivity contribution in [1.29, 1.82) is 0 Å². The Balaban J connectivity index is 1.39. The molecular formula is C48H57N3O7. The number of aliphatic hydroxyl groups is 2. The molecule has 7 rings (SSSR count). The smallest absolute Gasteiger partial charge is 0.254 e. The van der Waals surface area contributed by atoms with E-state index in [0.29, 0.717) is 49.5 Å². The number of hydrogen-bond donors (Lipinski definition) is 2. The topological polar surface area (TPSA) is 123 Å². The summed E-state index contributed by atoms with van der Waals surface area (Å²) in [5.74, 6) is -0.415. The number of benzene rings is 3. The molecule has 58 heavy (non-hydrogen) atoms. The van der Waals surface area contributed by atoms with E-state index in [4.69, 9.17) is 24.2 Å². The molecule has 6 atom stereocenters. The van der Waals surface area contributed by atoms with Crippen molar-refractivity contribution in [3.05, 3.63) is 126 Å². The number of ether oxygens (including phenoxy) is 3. The first-order valence-electron chi connectivity index (χ1n) is 20.8. The van der Waals surface area contributed by atoms with Gasteiger partial charge >= 0.3 is 0 Å². The first kappa shape index (κ1) is 41.1. The van der Waals surface area contributed by atoms with Crippen LogP contribution < -0.4 is 9.47 Å². The molecule has 0 radical (unpaired) electrons. The lowest BCUT2D eigenvalue weighted by Gasteiger charge is -2.59. The highest BCUT2D eigenvalue weighted by Crippen LogP contribution is 2.62. The molecule has 306 valence electrons. The number of allylic oxidation sites excluding steroid dienone is 1. The van der Waals surface area contributed by atoms with E-state index in [1.165, 1.54) is 0 Å². The van der Waals surface area contributed by atoms with Gasteiger partial charge in [-0.05, 0) is 110 Å². The van der Waals surface area contributed by atoms with E-state index in [0.717, 1.165) is 64.7 Å². The summed E-state index contributed by atoms with van der Waals surface area (Å²) in [5, 5.41) is 26.6. The van der Waals surface area contributed by atoms with E-state index >= 15 is 0 Å². The molecule has 1 amide bonds. The summed E-state index contributed by atoms with van der Waals surface area (Å²) < 4.78 is 20.8. The number of aromatic nitrogens is 1. The number of aliphatic hydroxyl groups excluding tert-OH is 2. The Morgan fingerprint density at radius 2 is 1.79 bits per heavy atom. The minimum Gasteiger partial charge on any atom is -0.487 e. The van der Waals surface area contributed by atoms with Gasteiger partial charge in [0.05, 0.1) is 23.9 Å². The molecule has 2 aliphatic carbocycles. The standard InChI is InChI=1S/C48H57N3O7/c1-5-26-56-48-44(51(4)47(54)36-21-20-33-15-7-8-16-34(33)27-36)30-42(50-57-6-2)40-28-35(17-9-11-24-52)39(19-10-12-25-53)45(46(40)48)41-29-38(22-23-43(41)58-48)55-31-37-18-13-14-32(3)49-37/h5,7-8,13-16,18,20-23,27-29,35,39,44-46,52-53H,1,6,9-12,17,19,24-26,30-31H2,2-4H3/t35-,39+,44-,45+,46+,48+/m0/s1. The van der Waals surface area contributed by atoms with Crippen LogP contribution in [0.1, 0.15) is 85.1 Å². The third kappa shape index (κ3) is 8.42. The summed E-state index contributed by atoms with van der Waals surface area (Å²) in [6.45, 7) is 9.05. The molecule has 2 N–H and O–H groups in total. The number of carbonyl (C=O) groups is 1. The van der Waals surface area contributed by atoms with E-state index in [9.17, 15) is 15.0 Å². The molecule has 10 heteroatoms. The van der Waals surface area contributed by atoms with Gasteiger partial charge < -0.3 is 34.2 Å². The Morgan fingerprint density at radius 3 is 2.55 bits per heavy atom. The molecule has 0 spiro atoms. The highest BCUT2D eigenvalue weighted by molar-refractivity contribution is 6.04. The van der Waals surface area contributed by atoms with Gasteiger partial charge in [0, 0.05) is 49.4 Å². The van der Waals surface area contributed by atoms with Crippen molar-refractivity contribution < 1.29 is 34.1 Å². The third-order valence-corrected chi connectivity index (χ3v) is 12.1. The molecule has 0 bridgehead atoms. The summed E-state index contributed by atoms with van der Waals surface area (Å²) >= 11 is 0. The van der Waals surface area contributed by atoms with Gasteiger partial charge in [-0.3, -0.25) is 9.78 Å².